The van der Waals surface area contributed by atoms with Crippen molar-refractivity contribution in [3.63, 3.8) is 0 Å². The largest absolute Gasteiger partial charge is 0.463 e. The summed E-state index contributed by atoms with van der Waals surface area (Å²) in [5, 5.41) is 5.12. The summed E-state index contributed by atoms with van der Waals surface area (Å²) >= 11 is 0. The van der Waals surface area contributed by atoms with Crippen LogP contribution in [0, 0.1) is 5.92 Å². The summed E-state index contributed by atoms with van der Waals surface area (Å²) in [6.45, 7) is 2.49. The molecule has 4 nitrogen and oxygen atoms in total. The molecule has 1 saturated carbocycles. The monoisotopic (exact) mass is 299 g/mol. The van der Waals surface area contributed by atoms with Crippen molar-refractivity contribution in [3.05, 3.63) is 60.1 Å². The second-order valence-corrected chi connectivity index (χ2v) is 6.04. The number of hydrogen-bond acceptors (Lipinski definition) is 2. The molecule has 1 heterocycles. The molecular weight excluding hydrogens is 276 g/mol. The number of quaternary nitrogens is 1. The summed E-state index contributed by atoms with van der Waals surface area (Å²) in [7, 11) is 0. The first-order valence-corrected chi connectivity index (χ1v) is 7.95. The second kappa shape index (κ2) is 6.79. The van der Waals surface area contributed by atoms with Gasteiger partial charge in [0, 0.05) is 11.6 Å². The smallest absolute Gasteiger partial charge is 0.275 e. The molecule has 0 bridgehead atoms. The molecule has 1 aromatic heterocycles. The minimum absolute atomic E-state index is 0.0122. The lowest BCUT2D eigenvalue weighted by Crippen LogP contribution is -2.87. The molecule has 1 aliphatic carbocycles. The van der Waals surface area contributed by atoms with Crippen molar-refractivity contribution < 1.29 is 14.5 Å². The van der Waals surface area contributed by atoms with Gasteiger partial charge >= 0.3 is 0 Å². The number of nitrogens with two attached hydrogens (primary N) is 1. The van der Waals surface area contributed by atoms with Crippen LogP contribution in [0.1, 0.15) is 37.1 Å². The van der Waals surface area contributed by atoms with Crippen LogP contribution >= 0.6 is 0 Å². The van der Waals surface area contributed by atoms with Crippen LogP contribution < -0.4 is 10.6 Å². The molecule has 0 aliphatic heterocycles. The highest BCUT2D eigenvalue weighted by Crippen LogP contribution is 2.32. The Balaban J connectivity index is 1.62. The third-order valence-corrected chi connectivity index (χ3v) is 4.27. The molecule has 2 aromatic rings. The predicted molar refractivity (Wildman–Crippen MR) is 84.1 cm³/mol. The van der Waals surface area contributed by atoms with Crippen LogP contribution in [0.15, 0.2) is 53.1 Å². The summed E-state index contributed by atoms with van der Waals surface area (Å²) in [6, 6.07) is 14.3. The molecule has 1 aliphatic rings. The van der Waals surface area contributed by atoms with E-state index < -0.39 is 0 Å². The summed E-state index contributed by atoms with van der Waals surface area (Å²) in [6.07, 6.45) is 4.16. The lowest BCUT2D eigenvalue weighted by atomic mass is 10.0. The molecule has 0 saturated heterocycles. The number of amides is 1. The minimum atomic E-state index is 0.0122. The minimum Gasteiger partial charge on any atom is -0.463 e. The van der Waals surface area contributed by atoms with E-state index in [4.69, 9.17) is 4.42 Å². The van der Waals surface area contributed by atoms with E-state index >= 15 is 0 Å². The van der Waals surface area contributed by atoms with Gasteiger partial charge in [-0.1, -0.05) is 30.3 Å². The van der Waals surface area contributed by atoms with E-state index in [9.17, 15) is 4.79 Å². The number of rotatable bonds is 7. The molecule has 22 heavy (non-hydrogen) atoms. The quantitative estimate of drug-likeness (QED) is 0.819. The highest BCUT2D eigenvalue weighted by atomic mass is 16.3. The second-order valence-electron chi connectivity index (χ2n) is 6.04. The molecule has 0 unspecified atom stereocenters. The van der Waals surface area contributed by atoms with Crippen molar-refractivity contribution in [1.82, 2.24) is 5.32 Å². The van der Waals surface area contributed by atoms with E-state index in [-0.39, 0.29) is 11.9 Å². The molecule has 3 rings (SSSR count). The Morgan fingerprint density at radius 1 is 1.27 bits per heavy atom. The van der Waals surface area contributed by atoms with Crippen LogP contribution in [0.25, 0.3) is 0 Å². The Kier molecular flexibility index (Phi) is 4.59. The molecule has 0 radical (unpaired) electrons. The zero-order chi connectivity index (χ0) is 15.4. The molecule has 1 fully saturated rings. The van der Waals surface area contributed by atoms with Gasteiger partial charge in [-0.2, -0.15) is 0 Å². The fourth-order valence-corrected chi connectivity index (χ4v) is 2.80. The lowest BCUT2D eigenvalue weighted by Gasteiger charge is -2.16. The highest BCUT2D eigenvalue weighted by Gasteiger charge is 2.29. The topological polar surface area (TPSA) is 58.9 Å². The standard InChI is InChI=1S/C18H22N2O2/c1-13(14-9-10-14)20-17(21)12-19-18(16-8-5-11-22-16)15-6-3-2-4-7-15/h2-8,11,13-14,18-19H,9-10,12H2,1H3,(H,20,21)/p+1/t13-,18-/m1/s1. The van der Waals surface area contributed by atoms with Crippen LogP contribution in [0.3, 0.4) is 0 Å². The molecule has 2 atom stereocenters. The van der Waals surface area contributed by atoms with Gasteiger partial charge in [0.25, 0.3) is 5.91 Å². The SMILES string of the molecule is C[C@@H](NC(=O)C[NH2+][C@H](c1ccccc1)c1ccco1)C1CC1. The fraction of sp³-hybridized carbons (Fsp3) is 0.389. The number of carbonyl (C=O) groups excluding carboxylic acids is 1. The Labute approximate surface area is 130 Å². The summed E-state index contributed by atoms with van der Waals surface area (Å²) < 4.78 is 5.55. The van der Waals surface area contributed by atoms with Crippen LogP contribution in [-0.2, 0) is 4.79 Å². The average molecular weight is 299 g/mol. The molecule has 1 aromatic carbocycles. The van der Waals surface area contributed by atoms with Gasteiger partial charge in [-0.25, -0.2) is 0 Å². The number of carbonyl (C=O) groups is 1. The third kappa shape index (κ3) is 3.77. The predicted octanol–water partition coefficient (Wildman–Crippen LogP) is 1.85. The van der Waals surface area contributed by atoms with E-state index in [2.05, 4.69) is 24.4 Å². The Bertz CT molecular complexity index is 591. The number of hydrogen-bond donors (Lipinski definition) is 2. The van der Waals surface area contributed by atoms with Gasteiger partial charge in [0.1, 0.15) is 0 Å². The van der Waals surface area contributed by atoms with E-state index in [0.717, 1.165) is 11.3 Å². The van der Waals surface area contributed by atoms with Crippen molar-refractivity contribution >= 4 is 5.91 Å². The highest BCUT2D eigenvalue weighted by molar-refractivity contribution is 5.77. The van der Waals surface area contributed by atoms with Gasteiger partial charge < -0.3 is 15.1 Å². The first kappa shape index (κ1) is 14.9. The number of nitrogens with one attached hydrogen (secondary N) is 1. The maximum absolute atomic E-state index is 12.1. The van der Waals surface area contributed by atoms with Crippen molar-refractivity contribution in [2.24, 2.45) is 5.92 Å². The van der Waals surface area contributed by atoms with Crippen LogP contribution in [-0.4, -0.2) is 18.5 Å². The Morgan fingerprint density at radius 3 is 2.68 bits per heavy atom. The Hall–Kier alpha value is -2.07. The van der Waals surface area contributed by atoms with Gasteiger partial charge in [-0.3, -0.25) is 4.79 Å². The maximum Gasteiger partial charge on any atom is 0.275 e. The van der Waals surface area contributed by atoms with Gasteiger partial charge in [0.2, 0.25) is 0 Å². The number of furan rings is 1. The first-order valence-electron chi connectivity index (χ1n) is 7.95. The molecule has 116 valence electrons. The van der Waals surface area contributed by atoms with Gasteiger partial charge in [-0.15, -0.1) is 0 Å². The van der Waals surface area contributed by atoms with Gasteiger partial charge in [0.15, 0.2) is 18.3 Å². The molecular formula is C18H23N2O2+. The van der Waals surface area contributed by atoms with E-state index in [1.54, 1.807) is 6.26 Å². The normalized spacial score (nSPS) is 17.0. The summed E-state index contributed by atoms with van der Waals surface area (Å²) in [5.74, 6) is 1.64. The van der Waals surface area contributed by atoms with E-state index in [1.165, 1.54) is 12.8 Å². The Morgan fingerprint density at radius 2 is 2.05 bits per heavy atom. The summed E-state index contributed by atoms with van der Waals surface area (Å²) in [4.78, 5) is 12.1. The van der Waals surface area contributed by atoms with Crippen LogP contribution in [0.5, 0.6) is 0 Å². The zero-order valence-electron chi connectivity index (χ0n) is 12.9. The van der Waals surface area contributed by atoms with Crippen LogP contribution in [0.2, 0.25) is 0 Å². The van der Waals surface area contributed by atoms with Crippen molar-refractivity contribution in [1.29, 1.82) is 0 Å². The molecule has 0 spiro atoms. The lowest BCUT2D eigenvalue weighted by molar-refractivity contribution is -0.678. The zero-order valence-corrected chi connectivity index (χ0v) is 12.9. The van der Waals surface area contributed by atoms with Crippen molar-refractivity contribution in [2.75, 3.05) is 6.54 Å². The van der Waals surface area contributed by atoms with Crippen molar-refractivity contribution in [2.45, 2.75) is 31.8 Å². The number of benzene rings is 1. The summed E-state index contributed by atoms with van der Waals surface area (Å²) in [5.41, 5.74) is 1.14. The van der Waals surface area contributed by atoms with E-state index in [1.807, 2.05) is 35.6 Å². The van der Waals surface area contributed by atoms with E-state index in [0.29, 0.717) is 18.5 Å². The average Bonchev–Trinajstić information content (AvgIpc) is 3.25. The maximum atomic E-state index is 12.1. The fourth-order valence-electron chi connectivity index (χ4n) is 2.80. The molecule has 3 N–H and O–H groups in total. The van der Waals surface area contributed by atoms with Gasteiger partial charge in [-0.05, 0) is 37.8 Å². The molecule has 4 heteroatoms. The first-order chi connectivity index (χ1) is 10.7. The van der Waals surface area contributed by atoms with Crippen molar-refractivity contribution in [3.8, 4) is 0 Å². The van der Waals surface area contributed by atoms with Gasteiger partial charge in [0.05, 0.1) is 6.26 Å². The molecule has 1 amide bonds. The van der Waals surface area contributed by atoms with Crippen LogP contribution in [0.4, 0.5) is 0 Å². The third-order valence-electron chi connectivity index (χ3n) is 4.27.